The Labute approximate surface area is 818 Å². The van der Waals surface area contributed by atoms with Crippen molar-refractivity contribution in [3.05, 3.63) is 58.2 Å². The van der Waals surface area contributed by atoms with E-state index in [1.807, 2.05) is 54.5 Å². The van der Waals surface area contributed by atoms with E-state index in [0.29, 0.717) is 118 Å². The van der Waals surface area contributed by atoms with Crippen LogP contribution >= 0.6 is 42.1 Å². The van der Waals surface area contributed by atoms with Crippen LogP contribution in [-0.4, -0.2) is 297 Å². The van der Waals surface area contributed by atoms with Gasteiger partial charge in [-0.25, -0.2) is 14.7 Å². The summed E-state index contributed by atoms with van der Waals surface area (Å²) in [5.74, 6) is -9.60. The van der Waals surface area contributed by atoms with E-state index in [-0.39, 0.29) is 132 Å². The third kappa shape index (κ3) is 41.7. The molecular formula is C91H143Cl3F9N14O20P. The van der Waals surface area contributed by atoms with Crippen LogP contribution in [0, 0.1) is 40.9 Å². The fourth-order valence-electron chi connectivity index (χ4n) is 15.6. The Balaban J connectivity index is 0.000000543. The number of nitrogens with zero attached hydrogens (tertiary/aromatic N) is 7. The van der Waals surface area contributed by atoms with Gasteiger partial charge >= 0.3 is 30.3 Å². The summed E-state index contributed by atoms with van der Waals surface area (Å²) >= 11 is 17.7. The van der Waals surface area contributed by atoms with Gasteiger partial charge in [0.05, 0.1) is 153 Å². The van der Waals surface area contributed by atoms with E-state index in [4.69, 9.17) is 79.4 Å². The number of nitrogens with one attached hydrogen (secondary N) is 5. The second kappa shape index (κ2) is 61.8. The van der Waals surface area contributed by atoms with Crippen molar-refractivity contribution >= 4 is 117 Å². The van der Waals surface area contributed by atoms with Gasteiger partial charge in [0.15, 0.2) is 0 Å². The highest BCUT2D eigenvalue weighted by Crippen LogP contribution is 2.49. The Kier molecular flexibility index (Phi) is 56.9. The molecule has 14 N–H and O–H groups in total. The van der Waals surface area contributed by atoms with Gasteiger partial charge in [-0.1, -0.05) is 102 Å². The number of ether oxygens (including phenoxy) is 5. The smallest absolute Gasteiger partial charge is 0.390 e. The molecule has 0 saturated carbocycles. The molecular weight excluding hydrogens is 1920 g/mol. The van der Waals surface area contributed by atoms with Crippen molar-refractivity contribution in [2.75, 3.05) is 52.4 Å². The zero-order chi connectivity index (χ0) is 105. The Hall–Kier alpha value is -7.03. The molecule has 47 heteroatoms. The number of rotatable bonds is 27. The molecule has 0 aromatic heterocycles. The number of imide groups is 1. The second-order valence-electron chi connectivity index (χ2n) is 34.7. The van der Waals surface area contributed by atoms with Crippen LogP contribution in [0.3, 0.4) is 0 Å². The van der Waals surface area contributed by atoms with Crippen LogP contribution in [-0.2, 0) is 71.4 Å². The number of hydrogen-bond donors (Lipinski definition) is 12. The first kappa shape index (κ1) is 127. The summed E-state index contributed by atoms with van der Waals surface area (Å²) in [6.45, 7) is 41.0. The zero-order valence-electron chi connectivity index (χ0n) is 82.0. The molecule has 0 bridgehead atoms. The van der Waals surface area contributed by atoms with Crippen molar-refractivity contribution in [2.45, 2.75) is 350 Å². The molecule has 34 nitrogen and oxygen atoms in total. The SMILES string of the molecule is CC(C)N(C(C)C)P(Cl)OCCC#N.CCC(=O)C(F)(F)F.CCC1OC(C2C=C(C)C(=NCCNC(=O)C(F)(F)F)NC2=O)CC1O.CCC1OC(C2C=C(C)C(=NCCNC(=O)C(F)(F)F)NC2=O)CC1O.CCC1OC(C2C=C(C)C(=O)NC2=O)CC1O.CCC1OC(C2C=C(C)C(Cl)=NC2=O)CC1O.CCC1OC(C2C=C(C)C(Cl)=NC2=O)CC1O.CCN(C(C)C)C(C)C.NCCN. The predicted molar refractivity (Wildman–Crippen MR) is 506 cm³/mol. The van der Waals surface area contributed by atoms with E-state index in [0.717, 1.165) is 30.5 Å². The number of ketones is 1. The van der Waals surface area contributed by atoms with Crippen molar-refractivity contribution in [3.63, 3.8) is 0 Å². The Morgan fingerprint density at radius 1 is 0.500 bits per heavy atom. The van der Waals surface area contributed by atoms with Crippen LogP contribution in [0.2, 0.25) is 0 Å². The molecule has 138 heavy (non-hydrogen) atoms. The van der Waals surface area contributed by atoms with Crippen molar-refractivity contribution in [3.8, 4) is 6.07 Å². The summed E-state index contributed by atoms with van der Waals surface area (Å²) in [6.07, 6.45) is -6.07. The lowest BCUT2D eigenvalue weighted by Crippen LogP contribution is -2.44. The van der Waals surface area contributed by atoms with Gasteiger partial charge in [-0.15, -0.1) is 0 Å². The van der Waals surface area contributed by atoms with Gasteiger partial charge < -0.3 is 86.5 Å². The molecule has 21 unspecified atom stereocenters. The number of carbonyl (C=O) groups excluding carboxylic acids is 9. The quantitative estimate of drug-likeness (QED) is 0.0157. The summed E-state index contributed by atoms with van der Waals surface area (Å²) in [6, 6.07) is 4.13. The van der Waals surface area contributed by atoms with Gasteiger partial charge in [-0.05, 0) is 162 Å². The molecule has 786 valence electrons. The molecule has 10 rings (SSSR count). The van der Waals surface area contributed by atoms with E-state index in [1.165, 1.54) is 6.92 Å². The number of carbonyl (C=O) groups is 9. The van der Waals surface area contributed by atoms with Gasteiger partial charge in [0.2, 0.25) is 31.2 Å². The highest BCUT2D eigenvalue weighted by atomic mass is 35.7. The van der Waals surface area contributed by atoms with E-state index in [1.54, 1.807) is 61.8 Å². The van der Waals surface area contributed by atoms with Gasteiger partial charge in [-0.3, -0.25) is 63.4 Å². The Morgan fingerprint density at radius 2 is 0.790 bits per heavy atom. The first-order valence-corrected chi connectivity index (χ1v) is 49.1. The van der Waals surface area contributed by atoms with Crippen LogP contribution < -0.4 is 38.1 Å². The maximum Gasteiger partial charge on any atom is 0.471 e. The number of nitrogens with two attached hydrogens (primary N) is 2. The first-order valence-electron chi connectivity index (χ1n) is 46.3. The standard InChI is InChI=1S/2C16H22F3N3O4.2C12H16ClNO3.C12H17NO4.C9H18ClN2OP.C8H19N.C4H5F3O.C2H8N2/c2*1-3-11-10(23)7-12(26-11)9-6-8(2)13(22-14(9)24)20-4-5-21-15(25)16(17,18)19;2*1-3-9-8(15)5-10(17-9)7-4-6(2)11(13)14-12(7)16;1-3-9-8(14)5-10(17-9)7-4-6(2)11(15)13-12(7)16;1-8(2)12(9(3)4)14(10)13-7-5-6-11;1-6-9(7(2)3)8(4)5;1-2-3(8)4(5,6)7;3-1-2-4/h2*6,9-12,23H,3-5,7H2,1-2H3,(H,21,25)(H,20,22,24);2*4,7-10,15H,3,5H2,1-2H3;4,7-10,14H,3,5H2,1-2H3,(H,13,15,16);8-9H,5,7H2,1-4H3;7-8H,6H2,1-5H3;2H2,1H3;1-4H2. The lowest BCUT2D eigenvalue weighted by Gasteiger charge is -2.32. The number of allylic oxidation sites excluding steroid dienone is 2. The van der Waals surface area contributed by atoms with E-state index < -0.39 is 123 Å². The van der Waals surface area contributed by atoms with Crippen LogP contribution in [0.4, 0.5) is 39.5 Å². The molecule has 0 aromatic rings. The number of dihydropyridines is 2. The van der Waals surface area contributed by atoms with E-state index >= 15 is 0 Å². The largest absolute Gasteiger partial charge is 0.471 e. The van der Waals surface area contributed by atoms with Crippen LogP contribution in [0.25, 0.3) is 0 Å². The average Bonchev–Trinajstić information content (AvgIpc) is 1.67. The summed E-state index contributed by atoms with van der Waals surface area (Å²) in [7, 11) is -1.08. The molecule has 10 aliphatic rings. The summed E-state index contributed by atoms with van der Waals surface area (Å²) in [4.78, 5) is 120. The number of amides is 8. The topological polar surface area (TPSA) is 502 Å². The summed E-state index contributed by atoms with van der Waals surface area (Å²) in [5.41, 5.74) is 13.2. The average molecular weight is 2060 g/mol. The minimum Gasteiger partial charge on any atom is -0.390 e. The number of Topliss-reactive ketones (excluding diaryl/α,β-unsaturated/α-hetero) is 1. The van der Waals surface area contributed by atoms with Crippen LogP contribution in [0.15, 0.2) is 78.2 Å². The van der Waals surface area contributed by atoms with Crippen molar-refractivity contribution < 1.29 is 136 Å². The fraction of sp³-hybridized carbons (Fsp3) is 0.736. The number of aliphatic hydroxyl groups is 5. The van der Waals surface area contributed by atoms with Gasteiger partial charge in [0.25, 0.3) is 17.7 Å². The maximum atomic E-state index is 12.3. The van der Waals surface area contributed by atoms with Crippen molar-refractivity contribution in [1.29, 1.82) is 5.26 Å². The third-order valence-corrected chi connectivity index (χ3v) is 26.1. The molecule has 10 aliphatic heterocycles. The van der Waals surface area contributed by atoms with Crippen LogP contribution in [0.1, 0.15) is 216 Å². The molecule has 5 fully saturated rings. The number of hydrogen-bond acceptors (Lipinski definition) is 27. The molecule has 0 radical (unpaired) electrons. The lowest BCUT2D eigenvalue weighted by atomic mass is 9.92. The Morgan fingerprint density at radius 3 is 1.02 bits per heavy atom. The number of aliphatic imine (C=N–C) groups is 4. The molecule has 5 saturated heterocycles. The normalized spacial score (nSPS) is 28.7. The number of alkyl halides is 9. The Bertz CT molecular complexity index is 4080. The minimum atomic E-state index is -4.93. The fourth-order valence-corrected chi connectivity index (χ4v) is 18.2. The number of aliphatic hydroxyl groups excluding tert-OH is 5. The highest BCUT2D eigenvalue weighted by molar-refractivity contribution is 7.78. The molecule has 0 aliphatic carbocycles. The molecule has 0 aromatic carbocycles. The van der Waals surface area contributed by atoms with Gasteiger partial charge in [0.1, 0.15) is 22.0 Å². The number of nitriles is 1. The van der Waals surface area contributed by atoms with Gasteiger partial charge in [0, 0.05) is 94.4 Å². The van der Waals surface area contributed by atoms with E-state index in [2.05, 4.69) is 108 Å². The number of amidine groups is 2. The second-order valence-corrected chi connectivity index (χ2v) is 37.4. The van der Waals surface area contributed by atoms with Crippen molar-refractivity contribution in [2.24, 2.45) is 61.0 Å². The molecule has 0 spiro atoms. The molecule has 21 atom stereocenters. The highest BCUT2D eigenvalue weighted by Gasteiger charge is 2.48. The molecule has 10 heterocycles. The summed E-state index contributed by atoms with van der Waals surface area (Å²) < 4.78 is 142. The van der Waals surface area contributed by atoms with Gasteiger partial charge in [-0.2, -0.15) is 44.8 Å². The molecule has 8 amide bonds. The van der Waals surface area contributed by atoms with Crippen molar-refractivity contribution in [1.82, 2.24) is 36.2 Å². The lowest BCUT2D eigenvalue weighted by molar-refractivity contribution is -0.173. The van der Waals surface area contributed by atoms with Crippen LogP contribution in [0.5, 0.6) is 0 Å². The minimum absolute atomic E-state index is 0.107. The predicted octanol–water partition coefficient (Wildman–Crippen LogP) is 10.9. The maximum absolute atomic E-state index is 12.3. The number of halogens is 12. The van der Waals surface area contributed by atoms with E-state index in [9.17, 15) is 108 Å². The summed E-state index contributed by atoms with van der Waals surface area (Å²) in [5, 5.41) is 68.9. The third-order valence-electron chi connectivity index (χ3n) is 22.8. The first-order chi connectivity index (χ1) is 64.3. The zero-order valence-corrected chi connectivity index (χ0v) is 85.2. The monoisotopic (exact) mass is 2060 g/mol.